The highest BCUT2D eigenvalue weighted by atomic mass is 35.5. The van der Waals surface area contributed by atoms with E-state index >= 15 is 0 Å². The van der Waals surface area contributed by atoms with Crippen LogP contribution in [0.5, 0.6) is 5.75 Å². The van der Waals surface area contributed by atoms with E-state index in [1.807, 2.05) is 6.92 Å². The van der Waals surface area contributed by atoms with E-state index in [1.54, 1.807) is 37.3 Å². The number of halogens is 2. The molecule has 0 saturated heterocycles. The van der Waals surface area contributed by atoms with Gasteiger partial charge in [-0.3, -0.25) is 4.79 Å². The third-order valence-electron chi connectivity index (χ3n) is 3.48. The van der Waals surface area contributed by atoms with Crippen molar-refractivity contribution >= 4 is 40.8 Å². The summed E-state index contributed by atoms with van der Waals surface area (Å²) in [5.41, 5.74) is 0.624. The molecule has 0 spiro atoms. The zero-order chi connectivity index (χ0) is 19.1. The van der Waals surface area contributed by atoms with Gasteiger partial charge in [0, 0.05) is 10.7 Å². The van der Waals surface area contributed by atoms with Crippen molar-refractivity contribution in [2.24, 2.45) is 0 Å². The summed E-state index contributed by atoms with van der Waals surface area (Å²) in [4.78, 5) is 24.4. The fraction of sp³-hybridized carbons (Fsp3) is 0.263. The normalized spacial score (nSPS) is 11.5. The Morgan fingerprint density at radius 1 is 1.08 bits per heavy atom. The molecule has 0 saturated carbocycles. The van der Waals surface area contributed by atoms with Crippen LogP contribution in [-0.2, 0) is 9.53 Å². The van der Waals surface area contributed by atoms with Gasteiger partial charge in [0.15, 0.2) is 6.10 Å². The maximum atomic E-state index is 12.5. The van der Waals surface area contributed by atoms with Crippen molar-refractivity contribution in [2.45, 2.75) is 26.4 Å². The molecule has 1 amide bonds. The Morgan fingerprint density at radius 2 is 1.77 bits per heavy atom. The van der Waals surface area contributed by atoms with E-state index in [0.29, 0.717) is 22.9 Å². The smallest absolute Gasteiger partial charge is 0.339 e. The van der Waals surface area contributed by atoms with Gasteiger partial charge in [-0.2, -0.15) is 0 Å². The van der Waals surface area contributed by atoms with Gasteiger partial charge in [-0.1, -0.05) is 30.1 Å². The first-order chi connectivity index (χ1) is 12.4. The van der Waals surface area contributed by atoms with Gasteiger partial charge in [-0.15, -0.1) is 0 Å². The first-order valence-corrected chi connectivity index (χ1v) is 8.90. The number of benzene rings is 2. The monoisotopic (exact) mass is 395 g/mol. The first kappa shape index (κ1) is 20.1. The third kappa shape index (κ3) is 5.38. The molecular weight excluding hydrogens is 377 g/mol. The summed E-state index contributed by atoms with van der Waals surface area (Å²) < 4.78 is 10.7. The highest BCUT2D eigenvalue weighted by molar-refractivity contribution is 6.33. The summed E-state index contributed by atoms with van der Waals surface area (Å²) in [6, 6.07) is 11.4. The molecule has 1 N–H and O–H groups in total. The Balaban J connectivity index is 2.10. The van der Waals surface area contributed by atoms with Crippen LogP contribution in [0, 0.1) is 0 Å². The highest BCUT2D eigenvalue weighted by Crippen LogP contribution is 2.23. The second-order valence-electron chi connectivity index (χ2n) is 5.37. The van der Waals surface area contributed by atoms with Crippen LogP contribution in [0.2, 0.25) is 10.0 Å². The molecule has 0 aliphatic heterocycles. The molecule has 0 bridgehead atoms. The standard InChI is InChI=1S/C19H19Cl2NO4/c1-3-17(26-14-8-5-12(20)6-9-14)18(23)22-13-7-10-16(21)15(11-13)19(24)25-4-2/h5-11,17H,3-4H2,1-2H3,(H,22,23)/t17-/m1/s1. The first-order valence-electron chi connectivity index (χ1n) is 8.14. The summed E-state index contributed by atoms with van der Waals surface area (Å²) in [6.45, 7) is 3.78. The fourth-order valence-corrected chi connectivity index (χ4v) is 2.51. The molecule has 0 aromatic heterocycles. The molecule has 0 heterocycles. The van der Waals surface area contributed by atoms with Crippen molar-refractivity contribution in [2.75, 3.05) is 11.9 Å². The number of carbonyl (C=O) groups excluding carboxylic acids is 2. The molecule has 7 heteroatoms. The molecule has 0 unspecified atom stereocenters. The van der Waals surface area contributed by atoms with Gasteiger partial charge in [0.25, 0.3) is 5.91 Å². The van der Waals surface area contributed by atoms with Crippen LogP contribution in [0.3, 0.4) is 0 Å². The molecule has 0 aliphatic rings. The minimum absolute atomic E-state index is 0.193. The largest absolute Gasteiger partial charge is 0.481 e. The molecular formula is C19H19Cl2NO4. The van der Waals surface area contributed by atoms with Crippen LogP contribution in [-0.4, -0.2) is 24.6 Å². The third-order valence-corrected chi connectivity index (χ3v) is 4.07. The van der Waals surface area contributed by atoms with Crippen molar-refractivity contribution < 1.29 is 19.1 Å². The molecule has 0 aliphatic carbocycles. The van der Waals surface area contributed by atoms with Gasteiger partial charge in [0.1, 0.15) is 5.75 Å². The second-order valence-corrected chi connectivity index (χ2v) is 6.22. The molecule has 138 valence electrons. The molecule has 2 aromatic carbocycles. The van der Waals surface area contributed by atoms with Crippen LogP contribution in [0.4, 0.5) is 5.69 Å². The van der Waals surface area contributed by atoms with E-state index in [9.17, 15) is 9.59 Å². The Bertz CT molecular complexity index is 778. The number of nitrogens with one attached hydrogen (secondary N) is 1. The lowest BCUT2D eigenvalue weighted by atomic mass is 10.2. The van der Waals surface area contributed by atoms with Crippen LogP contribution < -0.4 is 10.1 Å². The molecule has 2 rings (SSSR count). The van der Waals surface area contributed by atoms with Gasteiger partial charge in [0.2, 0.25) is 0 Å². The van der Waals surface area contributed by atoms with Crippen molar-refractivity contribution in [1.82, 2.24) is 0 Å². The summed E-state index contributed by atoms with van der Waals surface area (Å²) >= 11 is 11.9. The SMILES string of the molecule is CCOC(=O)c1cc(NC(=O)[C@@H](CC)Oc2ccc(Cl)cc2)ccc1Cl. The van der Waals surface area contributed by atoms with Crippen LogP contribution >= 0.6 is 23.2 Å². The molecule has 1 atom stereocenters. The molecule has 0 radical (unpaired) electrons. The molecule has 5 nitrogen and oxygen atoms in total. The Kier molecular flexibility index (Phi) is 7.30. The number of rotatable bonds is 7. The van der Waals surface area contributed by atoms with E-state index in [2.05, 4.69) is 5.32 Å². The summed E-state index contributed by atoms with van der Waals surface area (Å²) in [5.74, 6) is -0.336. The molecule has 26 heavy (non-hydrogen) atoms. The van der Waals surface area contributed by atoms with Crippen molar-refractivity contribution in [3.63, 3.8) is 0 Å². The van der Waals surface area contributed by atoms with E-state index in [0.717, 1.165) is 0 Å². The summed E-state index contributed by atoms with van der Waals surface area (Å²) in [6.07, 6.45) is -0.231. The van der Waals surface area contributed by atoms with Crippen molar-refractivity contribution in [1.29, 1.82) is 0 Å². The summed E-state index contributed by atoms with van der Waals surface area (Å²) in [7, 11) is 0. The topological polar surface area (TPSA) is 64.6 Å². The lowest BCUT2D eigenvalue weighted by Gasteiger charge is -2.17. The average molecular weight is 396 g/mol. The zero-order valence-electron chi connectivity index (χ0n) is 14.4. The van der Waals surface area contributed by atoms with Crippen LogP contribution in [0.25, 0.3) is 0 Å². The average Bonchev–Trinajstić information content (AvgIpc) is 2.62. The molecule has 0 fully saturated rings. The highest BCUT2D eigenvalue weighted by Gasteiger charge is 2.20. The number of hydrogen-bond acceptors (Lipinski definition) is 4. The van der Waals surface area contributed by atoms with Gasteiger partial charge < -0.3 is 14.8 Å². The minimum Gasteiger partial charge on any atom is -0.481 e. The maximum Gasteiger partial charge on any atom is 0.339 e. The lowest BCUT2D eigenvalue weighted by molar-refractivity contribution is -0.122. The van der Waals surface area contributed by atoms with E-state index in [-0.39, 0.29) is 23.1 Å². The number of ether oxygens (including phenoxy) is 2. The van der Waals surface area contributed by atoms with E-state index < -0.39 is 12.1 Å². The number of esters is 1. The van der Waals surface area contributed by atoms with E-state index in [4.69, 9.17) is 32.7 Å². The van der Waals surface area contributed by atoms with Gasteiger partial charge in [-0.05, 0) is 55.8 Å². The Morgan fingerprint density at radius 3 is 2.38 bits per heavy atom. The van der Waals surface area contributed by atoms with Crippen molar-refractivity contribution in [3.8, 4) is 5.75 Å². The van der Waals surface area contributed by atoms with Gasteiger partial charge >= 0.3 is 5.97 Å². The van der Waals surface area contributed by atoms with Gasteiger partial charge in [-0.25, -0.2) is 4.79 Å². The number of anilines is 1. The quantitative estimate of drug-likeness (QED) is 0.672. The maximum absolute atomic E-state index is 12.5. The molecule has 2 aromatic rings. The number of carbonyl (C=O) groups is 2. The summed E-state index contributed by atoms with van der Waals surface area (Å²) in [5, 5.41) is 3.57. The Hall–Kier alpha value is -2.24. The number of amides is 1. The minimum atomic E-state index is -0.696. The fourth-order valence-electron chi connectivity index (χ4n) is 2.19. The second kappa shape index (κ2) is 9.46. The van der Waals surface area contributed by atoms with Crippen molar-refractivity contribution in [3.05, 3.63) is 58.1 Å². The lowest BCUT2D eigenvalue weighted by Crippen LogP contribution is -2.32. The zero-order valence-corrected chi connectivity index (χ0v) is 15.9. The Labute approximate surface area is 162 Å². The number of hydrogen-bond donors (Lipinski definition) is 1. The predicted molar refractivity (Wildman–Crippen MR) is 102 cm³/mol. The van der Waals surface area contributed by atoms with E-state index in [1.165, 1.54) is 12.1 Å². The van der Waals surface area contributed by atoms with Gasteiger partial charge in [0.05, 0.1) is 17.2 Å². The van der Waals surface area contributed by atoms with Crippen LogP contribution in [0.1, 0.15) is 30.6 Å². The van der Waals surface area contributed by atoms with Crippen LogP contribution in [0.15, 0.2) is 42.5 Å². The predicted octanol–water partition coefficient (Wildman–Crippen LogP) is 4.97.